The molecule has 220 valence electrons. The molecule has 0 amide bonds. The van der Waals surface area contributed by atoms with Crippen LogP contribution in [0.5, 0.6) is 0 Å². The Balaban J connectivity index is 1.81. The molecule has 2 heterocycles. The van der Waals surface area contributed by atoms with Crippen molar-refractivity contribution in [1.29, 1.82) is 5.26 Å². The number of benzene rings is 2. The molecule has 1 aliphatic heterocycles. The summed E-state index contributed by atoms with van der Waals surface area (Å²) < 4.78 is 51.4. The van der Waals surface area contributed by atoms with Crippen molar-refractivity contribution in [2.75, 3.05) is 6.61 Å². The molecule has 0 aliphatic carbocycles. The number of hydrogen-bond donors (Lipinski definition) is 0. The molecule has 0 radical (unpaired) electrons. The highest BCUT2D eigenvalue weighted by Gasteiger charge is 2.52. The Morgan fingerprint density at radius 2 is 1.76 bits per heavy atom. The summed E-state index contributed by atoms with van der Waals surface area (Å²) in [5.74, 6) is -4.17. The van der Waals surface area contributed by atoms with E-state index in [9.17, 15) is 28.4 Å². The van der Waals surface area contributed by atoms with Crippen molar-refractivity contribution in [3.63, 3.8) is 0 Å². The fraction of sp³-hybridized carbons (Fsp3) is 0.333. The Hall–Kier alpha value is -4.06. The minimum atomic E-state index is -1.22. The fourth-order valence-electron chi connectivity index (χ4n) is 4.28. The quantitative estimate of drug-likeness (QED) is 0.264. The van der Waals surface area contributed by atoms with Gasteiger partial charge in [-0.2, -0.15) is 5.26 Å². The van der Waals surface area contributed by atoms with Crippen LogP contribution in [0.25, 0.3) is 11.3 Å². The smallest absolute Gasteiger partial charge is 0.303 e. The predicted octanol–water partition coefficient (Wildman–Crippen LogP) is 4.23. The van der Waals surface area contributed by atoms with Crippen LogP contribution in [0.3, 0.4) is 0 Å². The van der Waals surface area contributed by atoms with Gasteiger partial charge in [-0.05, 0) is 36.4 Å². The normalized spacial score (nSPS) is 21.7. The number of ether oxygens (including phenoxy) is 4. The van der Waals surface area contributed by atoms with Crippen LogP contribution >= 0.6 is 23.4 Å². The van der Waals surface area contributed by atoms with Crippen LogP contribution in [0.2, 0.25) is 5.02 Å². The van der Waals surface area contributed by atoms with Crippen LogP contribution in [0.4, 0.5) is 8.78 Å². The zero-order valence-electron chi connectivity index (χ0n) is 22.3. The summed E-state index contributed by atoms with van der Waals surface area (Å²) in [7, 11) is 0. The summed E-state index contributed by atoms with van der Waals surface area (Å²) in [5, 5.41) is 17.6. The molecule has 15 heteroatoms. The van der Waals surface area contributed by atoms with Gasteiger partial charge in [0.1, 0.15) is 36.0 Å². The van der Waals surface area contributed by atoms with Crippen molar-refractivity contribution < 1.29 is 42.1 Å². The molecule has 2 aromatic carbocycles. The van der Waals surface area contributed by atoms with Gasteiger partial charge in [0.2, 0.25) is 0 Å². The Labute approximate surface area is 247 Å². The van der Waals surface area contributed by atoms with Crippen LogP contribution in [0.15, 0.2) is 47.5 Å². The van der Waals surface area contributed by atoms with E-state index in [1.54, 1.807) is 6.07 Å². The number of thioether (sulfide) groups is 1. The molecule has 11 nitrogen and oxygen atoms in total. The van der Waals surface area contributed by atoms with Gasteiger partial charge < -0.3 is 18.9 Å². The fourth-order valence-corrected chi connectivity index (χ4v) is 5.72. The van der Waals surface area contributed by atoms with E-state index in [-0.39, 0.29) is 28.5 Å². The molecular formula is C27H23ClF2N4O7S. The summed E-state index contributed by atoms with van der Waals surface area (Å²) in [6.45, 7) is 3.19. The maximum atomic E-state index is 13.9. The Morgan fingerprint density at radius 3 is 2.38 bits per heavy atom. The Morgan fingerprint density at radius 1 is 1.05 bits per heavy atom. The first-order chi connectivity index (χ1) is 20.0. The van der Waals surface area contributed by atoms with Crippen LogP contribution in [-0.2, 0) is 33.3 Å². The topological polar surface area (TPSA) is 143 Å². The first-order valence-electron chi connectivity index (χ1n) is 12.3. The number of aromatic nitrogens is 3. The standard InChI is InChI=1S/C27H23ClF2N4O7S/c1-13(35)38-12-23-25(39-14(2)36)24(34-11-22(32-33-34)16-5-7-20(29)21(30)8-16)26(40-15(3)37)27(41-23)42-18-6-4-17(10-31)19(28)9-18/h4-9,11,23-27H,12H2,1-3H3/t23?,24?,25-,26?,27+/m0/s1. The molecule has 0 saturated carbocycles. The van der Waals surface area contributed by atoms with Crippen molar-refractivity contribution >= 4 is 41.3 Å². The predicted molar refractivity (Wildman–Crippen MR) is 143 cm³/mol. The number of nitrogens with zero attached hydrogens (tertiary/aromatic N) is 4. The molecule has 0 bridgehead atoms. The molecule has 0 N–H and O–H groups in total. The van der Waals surface area contributed by atoms with Crippen molar-refractivity contribution in [2.45, 2.75) is 55.5 Å². The highest BCUT2D eigenvalue weighted by atomic mass is 35.5. The summed E-state index contributed by atoms with van der Waals surface area (Å²) in [6, 6.07) is 8.72. The zero-order valence-corrected chi connectivity index (χ0v) is 23.9. The summed E-state index contributed by atoms with van der Waals surface area (Å²) in [4.78, 5) is 36.7. The second-order valence-corrected chi connectivity index (χ2v) is 10.6. The lowest BCUT2D eigenvalue weighted by molar-refractivity contribution is -0.212. The minimum absolute atomic E-state index is 0.142. The molecule has 1 aromatic heterocycles. The van der Waals surface area contributed by atoms with E-state index >= 15 is 0 Å². The molecule has 3 unspecified atom stereocenters. The van der Waals surface area contributed by atoms with Crippen molar-refractivity contribution in [1.82, 2.24) is 15.0 Å². The molecule has 1 saturated heterocycles. The molecule has 1 aliphatic rings. The van der Waals surface area contributed by atoms with Gasteiger partial charge in [-0.15, -0.1) is 5.10 Å². The maximum Gasteiger partial charge on any atom is 0.303 e. The number of halogens is 3. The SMILES string of the molecule is CC(=O)OCC1O[C@H](Sc2ccc(C#N)c(Cl)c2)C(OC(C)=O)C(n2cc(-c3ccc(F)c(F)c3)nn2)[C@H]1OC(C)=O. The monoisotopic (exact) mass is 620 g/mol. The van der Waals surface area contributed by atoms with E-state index in [0.717, 1.165) is 30.8 Å². The largest absolute Gasteiger partial charge is 0.463 e. The number of carbonyl (C=O) groups excluding carboxylic acids is 3. The number of esters is 3. The minimum Gasteiger partial charge on any atom is -0.463 e. The average molecular weight is 621 g/mol. The summed E-state index contributed by atoms with van der Waals surface area (Å²) in [6.07, 6.45) is -2.08. The first kappa shape index (κ1) is 30.9. The average Bonchev–Trinajstić information content (AvgIpc) is 3.40. The summed E-state index contributed by atoms with van der Waals surface area (Å²) in [5.41, 5.74) is -0.417. The van der Waals surface area contributed by atoms with Gasteiger partial charge in [0.05, 0.1) is 16.8 Å². The maximum absolute atomic E-state index is 13.9. The van der Waals surface area contributed by atoms with Gasteiger partial charge in [-0.3, -0.25) is 14.4 Å². The number of nitriles is 1. The highest BCUT2D eigenvalue weighted by molar-refractivity contribution is 7.99. The molecule has 5 atom stereocenters. The Kier molecular flexibility index (Phi) is 9.77. The lowest BCUT2D eigenvalue weighted by Gasteiger charge is -2.44. The molecule has 0 spiro atoms. The first-order valence-corrected chi connectivity index (χ1v) is 13.6. The molecule has 3 aromatic rings. The van der Waals surface area contributed by atoms with Crippen molar-refractivity contribution in [3.05, 3.63) is 64.8 Å². The van der Waals surface area contributed by atoms with Crippen LogP contribution in [0.1, 0.15) is 32.4 Å². The lowest BCUT2D eigenvalue weighted by Crippen LogP contribution is -2.57. The molecule has 1 fully saturated rings. The van der Waals surface area contributed by atoms with E-state index in [4.69, 9.17) is 30.5 Å². The number of hydrogen-bond acceptors (Lipinski definition) is 11. The third-order valence-electron chi connectivity index (χ3n) is 6.02. The van der Waals surface area contributed by atoms with Gasteiger partial charge in [0.15, 0.2) is 23.8 Å². The van der Waals surface area contributed by atoms with Crippen LogP contribution in [-0.4, -0.2) is 63.3 Å². The Bertz CT molecular complexity index is 1550. The van der Waals surface area contributed by atoms with Gasteiger partial charge in [-0.1, -0.05) is 28.6 Å². The molecule has 4 rings (SSSR count). The number of carbonyl (C=O) groups is 3. The molecule has 42 heavy (non-hydrogen) atoms. The van der Waals surface area contributed by atoms with E-state index in [1.165, 1.54) is 42.9 Å². The van der Waals surface area contributed by atoms with Crippen LogP contribution < -0.4 is 0 Å². The van der Waals surface area contributed by atoms with Crippen molar-refractivity contribution in [2.24, 2.45) is 0 Å². The van der Waals surface area contributed by atoms with Gasteiger partial charge in [0, 0.05) is 31.2 Å². The van der Waals surface area contributed by atoms with E-state index < -0.39 is 59.3 Å². The highest BCUT2D eigenvalue weighted by Crippen LogP contribution is 2.42. The molecular weight excluding hydrogens is 598 g/mol. The lowest BCUT2D eigenvalue weighted by atomic mass is 9.96. The third kappa shape index (κ3) is 7.22. The van der Waals surface area contributed by atoms with Gasteiger partial charge in [0.25, 0.3) is 0 Å². The zero-order chi connectivity index (χ0) is 30.6. The second-order valence-electron chi connectivity index (χ2n) is 9.07. The van der Waals surface area contributed by atoms with Crippen molar-refractivity contribution in [3.8, 4) is 17.3 Å². The second kappa shape index (κ2) is 13.3. The van der Waals surface area contributed by atoms with E-state index in [1.807, 2.05) is 6.07 Å². The van der Waals surface area contributed by atoms with E-state index in [0.29, 0.717) is 4.90 Å². The van der Waals surface area contributed by atoms with Crippen LogP contribution in [0, 0.1) is 23.0 Å². The third-order valence-corrected chi connectivity index (χ3v) is 7.47. The summed E-state index contributed by atoms with van der Waals surface area (Å²) >= 11 is 7.30. The number of rotatable bonds is 8. The van der Waals surface area contributed by atoms with Gasteiger partial charge >= 0.3 is 17.9 Å². The van der Waals surface area contributed by atoms with Gasteiger partial charge in [-0.25, -0.2) is 13.5 Å². The van der Waals surface area contributed by atoms with E-state index in [2.05, 4.69) is 10.3 Å².